The maximum absolute atomic E-state index is 5.84. The molecule has 2 aromatic rings. The summed E-state index contributed by atoms with van der Waals surface area (Å²) < 4.78 is 6.80. The molecule has 2 nitrogen and oxygen atoms in total. The molecule has 1 atom stereocenters. The van der Waals surface area contributed by atoms with Gasteiger partial charge in [-0.1, -0.05) is 33.6 Å². The summed E-state index contributed by atoms with van der Waals surface area (Å²) in [6.07, 6.45) is 0. The van der Waals surface area contributed by atoms with E-state index < -0.39 is 0 Å². The van der Waals surface area contributed by atoms with E-state index in [0.29, 0.717) is 11.1 Å². The molecule has 0 spiro atoms. The number of halogens is 2. The summed E-state index contributed by atoms with van der Waals surface area (Å²) in [6.45, 7) is 2.11. The van der Waals surface area contributed by atoms with Gasteiger partial charge in [0, 0.05) is 15.5 Å². The summed E-state index contributed by atoms with van der Waals surface area (Å²) in [5.41, 5.74) is 1.20. The Bertz CT molecular complexity index is 557. The van der Waals surface area contributed by atoms with Gasteiger partial charge in [0.25, 0.3) is 0 Å². The molecule has 100 valence electrons. The second-order valence-corrected chi connectivity index (χ2v) is 5.54. The van der Waals surface area contributed by atoms with Crippen LogP contribution in [0, 0.1) is 0 Å². The minimum atomic E-state index is 0.291. The van der Waals surface area contributed by atoms with Crippen LogP contribution in [-0.2, 0) is 0 Å². The van der Waals surface area contributed by atoms with Crippen LogP contribution >= 0.6 is 27.5 Å². The van der Waals surface area contributed by atoms with Crippen LogP contribution in [0.2, 0.25) is 5.02 Å². The molecule has 0 fully saturated rings. The fourth-order valence-electron chi connectivity index (χ4n) is 1.72. The van der Waals surface area contributed by atoms with Crippen molar-refractivity contribution in [3.05, 3.63) is 57.5 Å². The molecular formula is C15H15BrClNO. The molecule has 4 heteroatoms. The van der Waals surface area contributed by atoms with Crippen molar-refractivity contribution in [2.45, 2.75) is 13.0 Å². The van der Waals surface area contributed by atoms with Crippen molar-refractivity contribution in [1.82, 2.24) is 5.32 Å². The van der Waals surface area contributed by atoms with E-state index in [1.807, 2.05) is 43.4 Å². The first-order chi connectivity index (χ1) is 9.10. The molecule has 0 saturated carbocycles. The lowest BCUT2D eigenvalue weighted by Gasteiger charge is -2.14. The zero-order valence-corrected chi connectivity index (χ0v) is 13.1. The first kappa shape index (κ1) is 14.4. The number of hydrogen-bond acceptors (Lipinski definition) is 2. The lowest BCUT2D eigenvalue weighted by molar-refractivity contribution is 0.481. The molecule has 1 N–H and O–H groups in total. The average Bonchev–Trinajstić information content (AvgIpc) is 2.41. The molecule has 0 aromatic heterocycles. The Morgan fingerprint density at radius 3 is 2.32 bits per heavy atom. The van der Waals surface area contributed by atoms with Gasteiger partial charge >= 0.3 is 0 Å². The molecule has 2 rings (SSSR count). The minimum absolute atomic E-state index is 0.291. The summed E-state index contributed by atoms with van der Waals surface area (Å²) >= 11 is 9.41. The Balaban J connectivity index is 2.18. The van der Waals surface area contributed by atoms with Crippen LogP contribution in [0.5, 0.6) is 11.5 Å². The predicted molar refractivity (Wildman–Crippen MR) is 83.1 cm³/mol. The van der Waals surface area contributed by atoms with Gasteiger partial charge in [-0.25, -0.2) is 0 Å². The highest BCUT2D eigenvalue weighted by Crippen LogP contribution is 2.30. The highest BCUT2D eigenvalue weighted by Gasteiger charge is 2.08. The van der Waals surface area contributed by atoms with Gasteiger partial charge in [-0.3, -0.25) is 0 Å². The summed E-state index contributed by atoms with van der Waals surface area (Å²) in [5, 5.41) is 3.91. The smallest absolute Gasteiger partial charge is 0.128 e. The van der Waals surface area contributed by atoms with E-state index in [1.165, 1.54) is 5.56 Å². The normalized spacial score (nSPS) is 12.2. The molecule has 0 aliphatic heterocycles. The summed E-state index contributed by atoms with van der Waals surface area (Å²) in [5.74, 6) is 1.56. The van der Waals surface area contributed by atoms with Crippen molar-refractivity contribution in [3.8, 4) is 11.5 Å². The number of hydrogen-bond donors (Lipinski definition) is 1. The van der Waals surface area contributed by atoms with Crippen molar-refractivity contribution in [2.75, 3.05) is 7.05 Å². The highest BCUT2D eigenvalue weighted by atomic mass is 79.9. The van der Waals surface area contributed by atoms with Crippen molar-refractivity contribution < 1.29 is 4.74 Å². The zero-order chi connectivity index (χ0) is 13.8. The van der Waals surface area contributed by atoms with Crippen molar-refractivity contribution in [2.24, 2.45) is 0 Å². The van der Waals surface area contributed by atoms with E-state index in [9.17, 15) is 0 Å². The van der Waals surface area contributed by atoms with E-state index in [1.54, 1.807) is 0 Å². The van der Waals surface area contributed by atoms with E-state index in [4.69, 9.17) is 16.3 Å². The maximum Gasteiger partial charge on any atom is 0.128 e. The standard InChI is InChI=1S/C15H15BrClNO/c1-10(18-2)14-8-7-13(9-15(14)16)19-12-5-3-11(17)4-6-12/h3-10,18H,1-2H3. The highest BCUT2D eigenvalue weighted by molar-refractivity contribution is 9.10. The van der Waals surface area contributed by atoms with Crippen molar-refractivity contribution in [1.29, 1.82) is 0 Å². The number of nitrogens with one attached hydrogen (secondary N) is 1. The second kappa shape index (κ2) is 6.42. The molecule has 1 unspecified atom stereocenters. The second-order valence-electron chi connectivity index (χ2n) is 4.25. The monoisotopic (exact) mass is 339 g/mol. The predicted octanol–water partition coefficient (Wildman–Crippen LogP) is 5.18. The quantitative estimate of drug-likeness (QED) is 0.828. The molecule has 0 amide bonds. The van der Waals surface area contributed by atoms with Gasteiger partial charge in [-0.2, -0.15) is 0 Å². The molecule has 0 bridgehead atoms. The van der Waals surface area contributed by atoms with Gasteiger partial charge in [0.05, 0.1) is 0 Å². The van der Waals surface area contributed by atoms with E-state index in [2.05, 4.69) is 34.2 Å². The van der Waals surface area contributed by atoms with Crippen LogP contribution in [0.3, 0.4) is 0 Å². The van der Waals surface area contributed by atoms with E-state index >= 15 is 0 Å². The van der Waals surface area contributed by atoms with Crippen molar-refractivity contribution >= 4 is 27.5 Å². The Morgan fingerprint density at radius 1 is 1.11 bits per heavy atom. The number of ether oxygens (including phenoxy) is 1. The fraction of sp³-hybridized carbons (Fsp3) is 0.200. The first-order valence-electron chi connectivity index (χ1n) is 6.00. The Labute approximate surface area is 126 Å². The number of benzene rings is 2. The summed E-state index contributed by atoms with van der Waals surface area (Å²) in [4.78, 5) is 0. The third-order valence-corrected chi connectivity index (χ3v) is 3.86. The zero-order valence-electron chi connectivity index (χ0n) is 10.8. The SMILES string of the molecule is CNC(C)c1ccc(Oc2ccc(Cl)cc2)cc1Br. The maximum atomic E-state index is 5.84. The molecule has 0 radical (unpaired) electrons. The Morgan fingerprint density at radius 2 is 1.74 bits per heavy atom. The van der Waals surface area contributed by atoms with Crippen LogP contribution in [0.1, 0.15) is 18.5 Å². The molecule has 0 heterocycles. The van der Waals surface area contributed by atoms with Crippen molar-refractivity contribution in [3.63, 3.8) is 0 Å². The van der Waals surface area contributed by atoms with E-state index in [-0.39, 0.29) is 0 Å². The fourth-order valence-corrected chi connectivity index (χ4v) is 2.54. The summed E-state index contributed by atoms with van der Waals surface area (Å²) in [7, 11) is 1.94. The van der Waals surface area contributed by atoms with Gasteiger partial charge < -0.3 is 10.1 Å². The molecule has 19 heavy (non-hydrogen) atoms. The molecule has 0 aliphatic carbocycles. The van der Waals surface area contributed by atoms with Crippen LogP contribution in [0.15, 0.2) is 46.9 Å². The third-order valence-electron chi connectivity index (χ3n) is 2.92. The van der Waals surface area contributed by atoms with Crippen LogP contribution in [-0.4, -0.2) is 7.05 Å². The molecule has 0 saturated heterocycles. The Hall–Kier alpha value is -1.03. The topological polar surface area (TPSA) is 21.3 Å². The van der Waals surface area contributed by atoms with Gasteiger partial charge in [0.2, 0.25) is 0 Å². The molecule has 0 aliphatic rings. The van der Waals surface area contributed by atoms with E-state index in [0.717, 1.165) is 16.0 Å². The van der Waals surface area contributed by atoms with Gasteiger partial charge in [-0.15, -0.1) is 0 Å². The first-order valence-corrected chi connectivity index (χ1v) is 7.17. The third kappa shape index (κ3) is 3.72. The largest absolute Gasteiger partial charge is 0.457 e. The van der Waals surface area contributed by atoms with Gasteiger partial charge in [-0.05, 0) is 55.9 Å². The van der Waals surface area contributed by atoms with Gasteiger partial charge in [0.15, 0.2) is 0 Å². The van der Waals surface area contributed by atoms with Crippen LogP contribution in [0.25, 0.3) is 0 Å². The van der Waals surface area contributed by atoms with Crippen LogP contribution in [0.4, 0.5) is 0 Å². The summed E-state index contributed by atoms with van der Waals surface area (Å²) in [6, 6.07) is 13.6. The van der Waals surface area contributed by atoms with Crippen LogP contribution < -0.4 is 10.1 Å². The molecular weight excluding hydrogens is 326 g/mol. The van der Waals surface area contributed by atoms with Gasteiger partial charge in [0.1, 0.15) is 11.5 Å². The lowest BCUT2D eigenvalue weighted by atomic mass is 10.1. The lowest BCUT2D eigenvalue weighted by Crippen LogP contribution is -2.12. The minimum Gasteiger partial charge on any atom is -0.457 e. The average molecular weight is 341 g/mol. The Kier molecular flexibility index (Phi) is 4.86. The molecule has 2 aromatic carbocycles. The number of rotatable bonds is 4.